The fourth-order valence-corrected chi connectivity index (χ4v) is 11.6. The molecule has 75 heavy (non-hydrogen) atoms. The van der Waals surface area contributed by atoms with E-state index in [1.54, 1.807) is 0 Å². The van der Waals surface area contributed by atoms with E-state index in [-0.39, 0.29) is 16.2 Å². The molecule has 0 fully saturated rings. The Hall–Kier alpha value is -8.20. The number of fused-ring (bicyclic) bond motifs is 6. The van der Waals surface area contributed by atoms with Crippen molar-refractivity contribution in [1.29, 1.82) is 0 Å². The first kappa shape index (κ1) is 47.8. The van der Waals surface area contributed by atoms with Gasteiger partial charge in [0.15, 0.2) is 0 Å². The zero-order valence-corrected chi connectivity index (χ0v) is 44.7. The Labute approximate surface area is 444 Å². The molecule has 0 radical (unpaired) electrons. The standard InChI is InChI=1S/C73H66N2/c1-9-71(3,4)57-32-39-61(40-33-57)74(60-37-28-51(29-38-60)56-30-41-63-64-42-34-58(72(5,6)10-2)48-68(64)73(7,8)67(63)47-56)59-35-26-50(27-36-59)55-31-43-70-66(46-55)65-24-14-15-25-69(65)75(70)62-23-17-22-54(45-62)53-21-16-20-52(44-53)49-18-12-11-13-19-49/h11-48H,9-10H2,1-8H3. The molecule has 0 N–H and O–H groups in total. The Morgan fingerprint density at radius 1 is 0.360 bits per heavy atom. The second kappa shape index (κ2) is 18.6. The van der Waals surface area contributed by atoms with Gasteiger partial charge >= 0.3 is 0 Å². The smallest absolute Gasteiger partial charge is 0.0541 e. The molecule has 1 aromatic heterocycles. The van der Waals surface area contributed by atoms with E-state index in [0.29, 0.717) is 0 Å². The largest absolute Gasteiger partial charge is 0.311 e. The third-order valence-electron chi connectivity index (χ3n) is 17.1. The summed E-state index contributed by atoms with van der Waals surface area (Å²) in [7, 11) is 0. The van der Waals surface area contributed by atoms with Crippen molar-refractivity contribution in [2.75, 3.05) is 4.90 Å². The second-order valence-electron chi connectivity index (χ2n) is 22.7. The van der Waals surface area contributed by atoms with Crippen LogP contribution in [0.1, 0.15) is 90.5 Å². The molecule has 0 atom stereocenters. The predicted octanol–water partition coefficient (Wildman–Crippen LogP) is 20.6. The molecular weight excluding hydrogens is 905 g/mol. The lowest BCUT2D eigenvalue weighted by atomic mass is 9.77. The molecule has 12 rings (SSSR count). The third-order valence-corrected chi connectivity index (χ3v) is 17.1. The molecule has 0 unspecified atom stereocenters. The molecule has 0 amide bonds. The summed E-state index contributed by atoms with van der Waals surface area (Å²) < 4.78 is 2.42. The molecule has 0 bridgehead atoms. The van der Waals surface area contributed by atoms with E-state index >= 15 is 0 Å². The van der Waals surface area contributed by atoms with Crippen LogP contribution in [0.3, 0.4) is 0 Å². The highest BCUT2D eigenvalue weighted by Crippen LogP contribution is 2.51. The highest BCUT2D eigenvalue weighted by molar-refractivity contribution is 6.10. The minimum absolute atomic E-state index is 0.0868. The fraction of sp³-hybridized carbons (Fsp3) is 0.178. The SMILES string of the molecule is CCC(C)(C)c1ccc(N(c2ccc(-c3ccc4c(c3)C(C)(C)c3cc(C(C)(C)CC)ccc3-4)cc2)c2ccc(-c3ccc4c(c3)c3ccccc3n4-c3cccc(-c4cccc(-c5ccccc5)c4)c3)cc2)cc1. The van der Waals surface area contributed by atoms with Crippen LogP contribution in [0, 0.1) is 0 Å². The average molecular weight is 971 g/mol. The van der Waals surface area contributed by atoms with Crippen LogP contribution in [0.5, 0.6) is 0 Å². The molecule has 11 aromatic rings. The van der Waals surface area contributed by atoms with Crippen molar-refractivity contribution >= 4 is 38.9 Å². The summed E-state index contributed by atoms with van der Waals surface area (Å²) in [5.41, 5.74) is 25.1. The molecule has 368 valence electrons. The topological polar surface area (TPSA) is 8.17 Å². The van der Waals surface area contributed by atoms with Crippen LogP contribution < -0.4 is 4.90 Å². The van der Waals surface area contributed by atoms with Crippen LogP contribution >= 0.6 is 0 Å². The molecule has 2 nitrogen and oxygen atoms in total. The number of anilines is 3. The summed E-state index contributed by atoms with van der Waals surface area (Å²) in [6, 6.07) is 86.1. The molecule has 10 aromatic carbocycles. The minimum atomic E-state index is -0.0868. The van der Waals surface area contributed by atoms with Gasteiger partial charge in [-0.15, -0.1) is 0 Å². The first-order valence-corrected chi connectivity index (χ1v) is 27.0. The number of hydrogen-bond acceptors (Lipinski definition) is 1. The molecule has 2 heteroatoms. The lowest BCUT2D eigenvalue weighted by Gasteiger charge is -2.28. The van der Waals surface area contributed by atoms with Crippen LogP contribution in [0.2, 0.25) is 0 Å². The van der Waals surface area contributed by atoms with Crippen molar-refractivity contribution in [2.45, 2.75) is 84.5 Å². The van der Waals surface area contributed by atoms with Gasteiger partial charge in [0.25, 0.3) is 0 Å². The monoisotopic (exact) mass is 971 g/mol. The van der Waals surface area contributed by atoms with Crippen LogP contribution in [-0.4, -0.2) is 4.57 Å². The summed E-state index contributed by atoms with van der Waals surface area (Å²) >= 11 is 0. The van der Waals surface area contributed by atoms with Crippen LogP contribution in [0.4, 0.5) is 17.1 Å². The number of benzene rings is 10. The van der Waals surface area contributed by atoms with E-state index in [2.05, 4.69) is 295 Å². The molecule has 0 saturated carbocycles. The van der Waals surface area contributed by atoms with Gasteiger partial charge in [-0.1, -0.05) is 207 Å². The van der Waals surface area contributed by atoms with Crippen molar-refractivity contribution in [3.63, 3.8) is 0 Å². The molecule has 0 spiro atoms. The van der Waals surface area contributed by atoms with E-state index in [0.717, 1.165) is 35.6 Å². The normalized spacial score (nSPS) is 13.0. The molecular formula is C73H66N2. The van der Waals surface area contributed by atoms with Gasteiger partial charge in [0.05, 0.1) is 11.0 Å². The van der Waals surface area contributed by atoms with Gasteiger partial charge in [0.2, 0.25) is 0 Å². The summed E-state index contributed by atoms with van der Waals surface area (Å²) in [6.07, 6.45) is 2.19. The van der Waals surface area contributed by atoms with E-state index in [4.69, 9.17) is 0 Å². The number of nitrogens with zero attached hydrogens (tertiary/aromatic N) is 2. The molecule has 1 aliphatic carbocycles. The number of hydrogen-bond donors (Lipinski definition) is 0. The first-order chi connectivity index (χ1) is 36.3. The van der Waals surface area contributed by atoms with Gasteiger partial charge in [-0.3, -0.25) is 0 Å². The van der Waals surface area contributed by atoms with Gasteiger partial charge in [0, 0.05) is 38.9 Å². The van der Waals surface area contributed by atoms with Crippen molar-refractivity contribution in [3.8, 4) is 61.3 Å². The van der Waals surface area contributed by atoms with Crippen LogP contribution in [-0.2, 0) is 16.2 Å². The number of aromatic nitrogens is 1. The van der Waals surface area contributed by atoms with Gasteiger partial charge in [0.1, 0.15) is 0 Å². The van der Waals surface area contributed by atoms with E-state index in [9.17, 15) is 0 Å². The molecule has 1 heterocycles. The lowest BCUT2D eigenvalue weighted by molar-refractivity contribution is 0.504. The average Bonchev–Trinajstić information content (AvgIpc) is 3.90. The van der Waals surface area contributed by atoms with Crippen LogP contribution in [0.25, 0.3) is 83.1 Å². The minimum Gasteiger partial charge on any atom is -0.311 e. The van der Waals surface area contributed by atoms with Crippen molar-refractivity contribution in [2.24, 2.45) is 0 Å². The number of para-hydroxylation sites is 1. The Morgan fingerprint density at radius 2 is 0.800 bits per heavy atom. The summed E-state index contributed by atoms with van der Waals surface area (Å²) in [5, 5.41) is 2.48. The lowest BCUT2D eigenvalue weighted by Crippen LogP contribution is -2.19. The molecule has 0 aliphatic heterocycles. The Bertz CT molecular complexity index is 3900. The summed E-state index contributed by atoms with van der Waals surface area (Å²) in [6.45, 7) is 18.7. The third kappa shape index (κ3) is 8.47. The maximum atomic E-state index is 2.48. The molecule has 0 saturated heterocycles. The zero-order valence-electron chi connectivity index (χ0n) is 44.7. The van der Waals surface area contributed by atoms with E-state index in [1.165, 1.54) is 99.7 Å². The van der Waals surface area contributed by atoms with Crippen molar-refractivity contribution in [3.05, 3.63) is 253 Å². The van der Waals surface area contributed by atoms with Crippen LogP contribution in [0.15, 0.2) is 231 Å². The van der Waals surface area contributed by atoms with Gasteiger partial charge < -0.3 is 9.47 Å². The second-order valence-corrected chi connectivity index (χ2v) is 22.7. The van der Waals surface area contributed by atoms with E-state index < -0.39 is 0 Å². The van der Waals surface area contributed by atoms with Gasteiger partial charge in [-0.2, -0.15) is 0 Å². The quantitative estimate of drug-likeness (QED) is 0.118. The zero-order chi connectivity index (χ0) is 51.6. The van der Waals surface area contributed by atoms with E-state index in [1.807, 2.05) is 0 Å². The number of rotatable bonds is 12. The first-order valence-electron chi connectivity index (χ1n) is 27.0. The van der Waals surface area contributed by atoms with Crippen molar-refractivity contribution < 1.29 is 0 Å². The maximum Gasteiger partial charge on any atom is 0.0541 e. The highest BCUT2D eigenvalue weighted by Gasteiger charge is 2.37. The van der Waals surface area contributed by atoms with Gasteiger partial charge in [-0.05, 0) is 180 Å². The predicted molar refractivity (Wildman–Crippen MR) is 321 cm³/mol. The Kier molecular flexibility index (Phi) is 11.9. The summed E-state index contributed by atoms with van der Waals surface area (Å²) in [4.78, 5) is 2.40. The maximum absolute atomic E-state index is 2.48. The highest BCUT2D eigenvalue weighted by atomic mass is 15.1. The Morgan fingerprint density at radius 3 is 1.45 bits per heavy atom. The summed E-state index contributed by atoms with van der Waals surface area (Å²) in [5.74, 6) is 0. The fourth-order valence-electron chi connectivity index (χ4n) is 11.6. The Balaban J connectivity index is 0.872. The van der Waals surface area contributed by atoms with Gasteiger partial charge in [-0.25, -0.2) is 0 Å². The van der Waals surface area contributed by atoms with Crippen molar-refractivity contribution in [1.82, 2.24) is 4.57 Å². The molecule has 1 aliphatic rings.